The monoisotopic (exact) mass is 348 g/mol. The van der Waals surface area contributed by atoms with Crippen LogP contribution in [0.4, 0.5) is 8.78 Å². The summed E-state index contributed by atoms with van der Waals surface area (Å²) in [5, 5.41) is 5.49. The van der Waals surface area contributed by atoms with Gasteiger partial charge in [-0.25, -0.2) is 8.78 Å². The fourth-order valence-corrected chi connectivity index (χ4v) is 2.66. The van der Waals surface area contributed by atoms with E-state index < -0.39 is 30.8 Å². The highest BCUT2D eigenvalue weighted by atomic mass is 35.5. The van der Waals surface area contributed by atoms with E-state index in [4.69, 9.17) is 21.1 Å². The maximum absolute atomic E-state index is 13.1. The number of alkyl halides is 2. The van der Waals surface area contributed by atoms with E-state index in [2.05, 4.69) is 10.6 Å². The zero-order valence-corrected chi connectivity index (χ0v) is 13.7. The Bertz CT molecular complexity index is 584. The zero-order valence-electron chi connectivity index (χ0n) is 12.9. The molecule has 0 spiro atoms. The molecular weight excluding hydrogens is 330 g/mol. The van der Waals surface area contributed by atoms with Crippen molar-refractivity contribution in [2.75, 3.05) is 20.3 Å². The molecule has 0 radical (unpaired) electrons. The first kappa shape index (κ1) is 17.7. The quantitative estimate of drug-likeness (QED) is 0.828. The minimum atomic E-state index is -2.84. The topological polar surface area (TPSA) is 59.6 Å². The number of rotatable bonds is 6. The molecule has 1 saturated heterocycles. The highest BCUT2D eigenvalue weighted by molar-refractivity contribution is 6.32. The first-order valence-corrected chi connectivity index (χ1v) is 7.62. The number of hydrogen-bond donors (Lipinski definition) is 2. The Hall–Kier alpha value is -1.60. The van der Waals surface area contributed by atoms with Crippen molar-refractivity contribution in [3.8, 4) is 11.5 Å². The Morgan fingerprint density at radius 1 is 1.52 bits per heavy atom. The van der Waals surface area contributed by atoms with Crippen LogP contribution in [-0.2, 0) is 11.3 Å². The molecule has 1 aromatic rings. The molecule has 1 amide bonds. The third-order valence-corrected chi connectivity index (χ3v) is 3.75. The van der Waals surface area contributed by atoms with Gasteiger partial charge < -0.3 is 14.8 Å². The van der Waals surface area contributed by atoms with Gasteiger partial charge in [0.05, 0.1) is 31.3 Å². The molecule has 5 nitrogen and oxygen atoms in total. The molecular formula is C15H19ClF2N2O3. The number of carbonyl (C=O) groups is 1. The number of amides is 1. The molecule has 0 bridgehead atoms. The Labute approximate surface area is 138 Å². The van der Waals surface area contributed by atoms with Crippen molar-refractivity contribution in [3.05, 3.63) is 22.7 Å². The van der Waals surface area contributed by atoms with Crippen molar-refractivity contribution in [2.45, 2.75) is 31.9 Å². The fourth-order valence-electron chi connectivity index (χ4n) is 2.37. The van der Waals surface area contributed by atoms with Crippen LogP contribution in [0.15, 0.2) is 12.1 Å². The molecule has 128 valence electrons. The molecule has 8 heteroatoms. The largest absolute Gasteiger partial charge is 0.493 e. The minimum absolute atomic E-state index is 0.158. The molecule has 0 aliphatic carbocycles. The zero-order chi connectivity index (χ0) is 17.0. The molecule has 1 heterocycles. The molecule has 1 aliphatic rings. The summed E-state index contributed by atoms with van der Waals surface area (Å²) < 4.78 is 36.8. The van der Waals surface area contributed by atoms with Crippen LogP contribution in [0.2, 0.25) is 5.02 Å². The number of benzene rings is 1. The van der Waals surface area contributed by atoms with E-state index in [0.717, 1.165) is 0 Å². The smallest absolute Gasteiger partial charge is 0.262 e. The summed E-state index contributed by atoms with van der Waals surface area (Å²) in [7, 11) is 1.49. The maximum Gasteiger partial charge on any atom is 0.262 e. The van der Waals surface area contributed by atoms with Gasteiger partial charge in [0.1, 0.15) is 0 Å². The van der Waals surface area contributed by atoms with Crippen LogP contribution in [0, 0.1) is 0 Å². The van der Waals surface area contributed by atoms with Gasteiger partial charge in [-0.2, -0.15) is 0 Å². The summed E-state index contributed by atoms with van der Waals surface area (Å²) in [5.74, 6) is -2.42. The van der Waals surface area contributed by atoms with Crippen molar-refractivity contribution in [1.29, 1.82) is 0 Å². The third kappa shape index (κ3) is 4.45. The molecule has 0 aromatic heterocycles. The van der Waals surface area contributed by atoms with Crippen LogP contribution in [0.3, 0.4) is 0 Å². The van der Waals surface area contributed by atoms with E-state index in [1.807, 2.05) is 6.92 Å². The average Bonchev–Trinajstić information content (AvgIpc) is 2.87. The fraction of sp³-hybridized carbons (Fsp3) is 0.533. The van der Waals surface area contributed by atoms with E-state index in [9.17, 15) is 13.6 Å². The number of hydrogen-bond acceptors (Lipinski definition) is 4. The normalized spacial score (nSPS) is 19.4. The lowest BCUT2D eigenvalue weighted by Crippen LogP contribution is -2.40. The van der Waals surface area contributed by atoms with E-state index in [1.165, 1.54) is 7.11 Å². The van der Waals surface area contributed by atoms with E-state index >= 15 is 0 Å². The van der Waals surface area contributed by atoms with Crippen LogP contribution < -0.4 is 20.1 Å². The summed E-state index contributed by atoms with van der Waals surface area (Å²) in [5.41, 5.74) is 0.688. The molecule has 23 heavy (non-hydrogen) atoms. The van der Waals surface area contributed by atoms with Crippen LogP contribution in [0.5, 0.6) is 11.5 Å². The second-order valence-corrected chi connectivity index (χ2v) is 5.66. The molecule has 1 unspecified atom stereocenters. The van der Waals surface area contributed by atoms with Gasteiger partial charge in [-0.05, 0) is 24.6 Å². The molecule has 1 fully saturated rings. The van der Waals surface area contributed by atoms with Crippen molar-refractivity contribution < 1.29 is 23.0 Å². The van der Waals surface area contributed by atoms with E-state index in [-0.39, 0.29) is 6.54 Å². The van der Waals surface area contributed by atoms with Gasteiger partial charge in [-0.15, -0.1) is 0 Å². The number of halogens is 3. The Balaban J connectivity index is 2.00. The second kappa shape index (κ2) is 7.31. The first-order valence-electron chi connectivity index (χ1n) is 7.24. The third-order valence-electron chi connectivity index (χ3n) is 3.47. The van der Waals surface area contributed by atoms with Crippen LogP contribution in [0.25, 0.3) is 0 Å². The van der Waals surface area contributed by atoms with Gasteiger partial charge >= 0.3 is 0 Å². The van der Waals surface area contributed by atoms with Crippen molar-refractivity contribution in [1.82, 2.24) is 10.6 Å². The molecule has 1 aromatic carbocycles. The lowest BCUT2D eigenvalue weighted by atomic mass is 10.1. The summed E-state index contributed by atoms with van der Waals surface area (Å²) >= 11 is 6.14. The second-order valence-electron chi connectivity index (χ2n) is 5.25. The van der Waals surface area contributed by atoms with Crippen LogP contribution >= 0.6 is 11.6 Å². The lowest BCUT2D eigenvalue weighted by molar-refractivity contribution is -0.123. The number of methoxy groups -OCH3 is 1. The first-order chi connectivity index (χ1) is 10.9. The van der Waals surface area contributed by atoms with Crippen molar-refractivity contribution in [3.63, 3.8) is 0 Å². The van der Waals surface area contributed by atoms with Gasteiger partial charge in [-0.3, -0.25) is 10.1 Å². The predicted molar refractivity (Wildman–Crippen MR) is 82.4 cm³/mol. The number of nitrogens with one attached hydrogen (secondary N) is 2. The average molecular weight is 349 g/mol. The number of carbonyl (C=O) groups excluding carboxylic acids is 1. The number of ether oxygens (including phenoxy) is 2. The van der Waals surface area contributed by atoms with E-state index in [1.54, 1.807) is 12.1 Å². The summed E-state index contributed by atoms with van der Waals surface area (Å²) in [4.78, 5) is 11.9. The summed E-state index contributed by atoms with van der Waals surface area (Å²) in [6, 6.07) is 2.45. The maximum atomic E-state index is 13.1. The van der Waals surface area contributed by atoms with E-state index in [0.29, 0.717) is 28.7 Å². The summed E-state index contributed by atoms with van der Waals surface area (Å²) in [6.07, 6.45) is -0.494. The Morgan fingerprint density at radius 3 is 2.83 bits per heavy atom. The standard InChI is InChI=1S/C15H19ClF2N2O3/c1-3-23-13-10(16)4-9(5-12(13)22-2)7-19-14(21)11-6-15(17,18)8-20-11/h4-5,11,20H,3,6-8H2,1-2H3,(H,19,21). The molecule has 2 rings (SSSR count). The van der Waals surface area contributed by atoms with Gasteiger partial charge in [0.25, 0.3) is 5.92 Å². The van der Waals surface area contributed by atoms with Gasteiger partial charge in [0.15, 0.2) is 11.5 Å². The van der Waals surface area contributed by atoms with Gasteiger partial charge in [0.2, 0.25) is 5.91 Å². The van der Waals surface area contributed by atoms with Crippen molar-refractivity contribution >= 4 is 17.5 Å². The molecule has 1 aliphatic heterocycles. The molecule has 0 saturated carbocycles. The van der Waals surface area contributed by atoms with Gasteiger partial charge in [-0.1, -0.05) is 11.6 Å². The van der Waals surface area contributed by atoms with Crippen LogP contribution in [-0.4, -0.2) is 38.1 Å². The van der Waals surface area contributed by atoms with Gasteiger partial charge in [0, 0.05) is 13.0 Å². The summed E-state index contributed by atoms with van der Waals surface area (Å²) in [6.45, 7) is 1.95. The van der Waals surface area contributed by atoms with Crippen molar-refractivity contribution in [2.24, 2.45) is 0 Å². The molecule has 2 N–H and O–H groups in total. The minimum Gasteiger partial charge on any atom is -0.493 e. The Kier molecular flexibility index (Phi) is 5.64. The predicted octanol–water partition coefficient (Wildman–Crippen LogP) is 2.36. The van der Waals surface area contributed by atoms with Crippen LogP contribution in [0.1, 0.15) is 18.9 Å². The lowest BCUT2D eigenvalue weighted by Gasteiger charge is -2.15. The highest BCUT2D eigenvalue weighted by Crippen LogP contribution is 2.36. The Morgan fingerprint density at radius 2 is 2.26 bits per heavy atom. The molecule has 1 atom stereocenters. The highest BCUT2D eigenvalue weighted by Gasteiger charge is 2.42. The SMILES string of the molecule is CCOc1c(Cl)cc(CNC(=O)C2CC(F)(F)CN2)cc1OC.